The van der Waals surface area contributed by atoms with Crippen molar-refractivity contribution in [1.29, 1.82) is 0 Å². The minimum absolute atomic E-state index is 0.0868. The molecule has 0 saturated heterocycles. The van der Waals surface area contributed by atoms with Gasteiger partial charge in [-0.2, -0.15) is 0 Å². The smallest absolute Gasteiger partial charge is 0.217 e. The van der Waals surface area contributed by atoms with Crippen molar-refractivity contribution in [2.24, 2.45) is 0 Å². The van der Waals surface area contributed by atoms with Crippen LogP contribution in [-0.4, -0.2) is 82.5 Å². The summed E-state index contributed by atoms with van der Waals surface area (Å²) in [6.45, 7) is 5.83. The van der Waals surface area contributed by atoms with Crippen molar-refractivity contribution < 1.29 is 42.2 Å². The summed E-state index contributed by atoms with van der Waals surface area (Å²) in [6, 6.07) is 0.496. The van der Waals surface area contributed by atoms with Crippen molar-refractivity contribution in [3.05, 3.63) is 12.2 Å². The van der Waals surface area contributed by atoms with Gasteiger partial charge in [0.1, 0.15) is 0 Å². The number of hydrogen-bond donors (Lipinski definition) is 3. The Labute approximate surface area is 233 Å². The van der Waals surface area contributed by atoms with Crippen molar-refractivity contribution in [3.63, 3.8) is 0 Å². The van der Waals surface area contributed by atoms with Gasteiger partial charge in [0.25, 0.3) is 0 Å². The number of nitrogens with two attached hydrogens (primary N) is 1. The van der Waals surface area contributed by atoms with Crippen molar-refractivity contribution >= 4 is 10.4 Å². The molecular weight excluding hydrogens is 510 g/mol. The summed E-state index contributed by atoms with van der Waals surface area (Å²) >= 11 is 0. The lowest BCUT2D eigenvalue weighted by molar-refractivity contribution is -0.691. The predicted octanol–water partition coefficient (Wildman–Crippen LogP) is 3.85. The molecule has 9 nitrogen and oxygen atoms in total. The Balaban J connectivity index is 0. The highest BCUT2D eigenvalue weighted by atomic mass is 32.3. The van der Waals surface area contributed by atoms with Gasteiger partial charge >= 0.3 is 0 Å². The Hall–Kier alpha value is -0.590. The number of hydrogen-bond acceptors (Lipinski definition) is 8. The van der Waals surface area contributed by atoms with Crippen LogP contribution in [0.3, 0.4) is 0 Å². The molecule has 0 fully saturated rings. The molecule has 0 radical (unpaired) electrons. The molecule has 0 aromatic rings. The first kappa shape index (κ1) is 39.6. The van der Waals surface area contributed by atoms with Crippen LogP contribution in [0.1, 0.15) is 110 Å². The molecule has 0 aromatic carbocycles. The Morgan fingerprint density at radius 3 is 1.58 bits per heavy atom. The number of allylic oxidation sites excluding steroid dienone is 2. The molecule has 230 valence electrons. The molecule has 0 aromatic heterocycles. The fourth-order valence-electron chi connectivity index (χ4n) is 3.93. The Bertz CT molecular complexity index is 563. The van der Waals surface area contributed by atoms with Gasteiger partial charge in [-0.1, -0.05) is 70.4 Å². The fourth-order valence-corrected chi connectivity index (χ4v) is 3.93. The summed E-state index contributed by atoms with van der Waals surface area (Å²) < 4.78 is 41.9. The molecule has 0 aliphatic carbocycles. The molecule has 0 aliphatic rings. The lowest BCUT2D eigenvalue weighted by Crippen LogP contribution is -2.90. The van der Waals surface area contributed by atoms with E-state index < -0.39 is 10.4 Å². The number of rotatable bonds is 28. The van der Waals surface area contributed by atoms with Gasteiger partial charge in [-0.15, -0.1) is 0 Å². The third-order valence-electron chi connectivity index (χ3n) is 6.16. The van der Waals surface area contributed by atoms with E-state index in [2.05, 4.69) is 28.6 Å². The van der Waals surface area contributed by atoms with Gasteiger partial charge < -0.3 is 29.6 Å². The van der Waals surface area contributed by atoms with Crippen LogP contribution in [0.4, 0.5) is 0 Å². The number of aliphatic hydroxyl groups excluding tert-OH is 2. The van der Waals surface area contributed by atoms with Gasteiger partial charge in [-0.25, -0.2) is 8.42 Å². The van der Waals surface area contributed by atoms with E-state index in [-0.39, 0.29) is 13.2 Å². The van der Waals surface area contributed by atoms with Gasteiger partial charge in [0, 0.05) is 12.8 Å². The molecular formula is C28H59NO8S. The SMILES string of the molecule is CCCCCCCC/C=C\CCCCCCCC[NH2+]C(CCOCCO)CCOCCO.COS(=O)(=O)[O-]. The Morgan fingerprint density at radius 1 is 0.737 bits per heavy atom. The van der Waals surface area contributed by atoms with Gasteiger partial charge in [0.15, 0.2) is 0 Å². The molecule has 0 atom stereocenters. The van der Waals surface area contributed by atoms with Crippen LogP contribution in [-0.2, 0) is 24.1 Å². The highest BCUT2D eigenvalue weighted by molar-refractivity contribution is 7.80. The molecule has 0 rings (SSSR count). The summed E-state index contributed by atoms with van der Waals surface area (Å²) in [5.74, 6) is 0. The molecule has 10 heteroatoms. The third kappa shape index (κ3) is 37.6. The second-order valence-electron chi connectivity index (χ2n) is 9.55. The maximum Gasteiger partial charge on any atom is 0.217 e. The van der Waals surface area contributed by atoms with Crippen LogP contribution in [0.25, 0.3) is 0 Å². The van der Waals surface area contributed by atoms with E-state index in [9.17, 15) is 13.0 Å². The van der Waals surface area contributed by atoms with E-state index in [0.29, 0.717) is 32.5 Å². The predicted molar refractivity (Wildman–Crippen MR) is 152 cm³/mol. The zero-order valence-corrected chi connectivity index (χ0v) is 25.1. The molecule has 38 heavy (non-hydrogen) atoms. The van der Waals surface area contributed by atoms with Crippen LogP contribution >= 0.6 is 0 Å². The van der Waals surface area contributed by atoms with Crippen molar-refractivity contribution in [2.75, 3.05) is 53.3 Å². The molecule has 0 heterocycles. The van der Waals surface area contributed by atoms with Gasteiger partial charge in [0.05, 0.1) is 59.3 Å². The average Bonchev–Trinajstić information content (AvgIpc) is 2.90. The maximum absolute atomic E-state index is 9.22. The average molecular weight is 570 g/mol. The van der Waals surface area contributed by atoms with Crippen LogP contribution in [0.2, 0.25) is 0 Å². The highest BCUT2D eigenvalue weighted by Gasteiger charge is 2.11. The van der Waals surface area contributed by atoms with E-state index >= 15 is 0 Å². The first-order valence-corrected chi connectivity index (χ1v) is 16.1. The van der Waals surface area contributed by atoms with Crippen molar-refractivity contribution in [2.45, 2.75) is 116 Å². The molecule has 4 N–H and O–H groups in total. The summed E-state index contributed by atoms with van der Waals surface area (Å²) in [5, 5.41) is 20.1. The summed E-state index contributed by atoms with van der Waals surface area (Å²) in [6.07, 6.45) is 25.6. The third-order valence-corrected chi connectivity index (χ3v) is 6.57. The minimum atomic E-state index is -4.41. The Kier molecular flexibility index (Phi) is 34.0. The lowest BCUT2D eigenvalue weighted by atomic mass is 10.1. The Morgan fingerprint density at radius 2 is 1.16 bits per heavy atom. The van der Waals surface area contributed by atoms with Crippen LogP contribution < -0.4 is 5.32 Å². The van der Waals surface area contributed by atoms with E-state index in [1.54, 1.807) is 0 Å². The standard InChI is InChI=1S/C27H55NO4.CH4O4S/c1-2-3-4-5-6-7-8-9-10-11-12-13-14-15-16-17-20-28-27(18-23-31-25-21-29)19-24-32-26-22-30;1-5-6(2,3)4/h9-10,27-30H,2-8,11-26H2,1H3;1H3,(H,2,3,4)/b10-9-;. The van der Waals surface area contributed by atoms with Gasteiger partial charge in [-0.05, 0) is 38.5 Å². The molecule has 0 unspecified atom stereocenters. The molecule has 0 spiro atoms. The number of aliphatic hydroxyl groups is 2. The molecule has 0 amide bonds. The number of ether oxygens (including phenoxy) is 2. The molecule has 0 saturated carbocycles. The van der Waals surface area contributed by atoms with Crippen molar-refractivity contribution in [3.8, 4) is 0 Å². The number of unbranched alkanes of at least 4 members (excludes halogenated alkanes) is 12. The van der Waals surface area contributed by atoms with Gasteiger partial charge in [0.2, 0.25) is 10.4 Å². The summed E-state index contributed by atoms with van der Waals surface area (Å²) in [4.78, 5) is 0. The number of quaternary nitrogens is 1. The normalized spacial score (nSPS) is 11.8. The fraction of sp³-hybridized carbons (Fsp3) is 0.929. The van der Waals surface area contributed by atoms with Crippen LogP contribution in [0.5, 0.6) is 0 Å². The zero-order valence-electron chi connectivity index (χ0n) is 24.3. The zero-order chi connectivity index (χ0) is 28.6. The topological polar surface area (TPSA) is 142 Å². The first-order chi connectivity index (χ1) is 18.4. The van der Waals surface area contributed by atoms with Crippen LogP contribution in [0, 0.1) is 0 Å². The summed E-state index contributed by atoms with van der Waals surface area (Å²) in [5.41, 5.74) is 0. The molecule has 0 bridgehead atoms. The first-order valence-electron chi connectivity index (χ1n) is 14.8. The van der Waals surface area contributed by atoms with E-state index in [0.717, 1.165) is 26.5 Å². The van der Waals surface area contributed by atoms with Gasteiger partial charge in [-0.3, -0.25) is 4.18 Å². The second-order valence-corrected chi connectivity index (χ2v) is 10.7. The van der Waals surface area contributed by atoms with Crippen molar-refractivity contribution in [1.82, 2.24) is 0 Å². The second kappa shape index (κ2) is 32.6. The van der Waals surface area contributed by atoms with E-state index in [1.807, 2.05) is 0 Å². The summed E-state index contributed by atoms with van der Waals surface area (Å²) in [7, 11) is -3.60. The quantitative estimate of drug-likeness (QED) is 0.0558. The largest absolute Gasteiger partial charge is 0.726 e. The lowest BCUT2D eigenvalue weighted by Gasteiger charge is -2.16. The van der Waals surface area contributed by atoms with E-state index in [4.69, 9.17) is 19.7 Å². The molecule has 0 aliphatic heterocycles. The highest BCUT2D eigenvalue weighted by Crippen LogP contribution is 2.09. The van der Waals surface area contributed by atoms with E-state index in [1.165, 1.54) is 89.9 Å². The minimum Gasteiger partial charge on any atom is -0.726 e. The van der Waals surface area contributed by atoms with Crippen LogP contribution in [0.15, 0.2) is 12.2 Å². The monoisotopic (exact) mass is 569 g/mol. The maximum atomic E-state index is 9.22.